The first-order chi connectivity index (χ1) is 13.2. The van der Waals surface area contributed by atoms with Gasteiger partial charge in [-0.25, -0.2) is 0 Å². The Morgan fingerprint density at radius 3 is 2.59 bits per heavy atom. The molecule has 1 amide bonds. The fourth-order valence-electron chi connectivity index (χ4n) is 3.42. The normalized spacial score (nSPS) is 20.0. The highest BCUT2D eigenvalue weighted by molar-refractivity contribution is 6.30. The van der Waals surface area contributed by atoms with Crippen LogP contribution in [0.4, 0.5) is 17.3 Å². The number of hydrogen-bond donors (Lipinski definition) is 1. The molecule has 1 aromatic heterocycles. The summed E-state index contributed by atoms with van der Waals surface area (Å²) in [7, 11) is 0. The third-order valence-corrected chi connectivity index (χ3v) is 5.14. The van der Waals surface area contributed by atoms with Crippen molar-refractivity contribution in [2.45, 2.75) is 18.9 Å². The predicted octanol–water partition coefficient (Wildman–Crippen LogP) is 2.57. The maximum Gasteiger partial charge on any atom is 0.254 e. The van der Waals surface area contributed by atoms with Gasteiger partial charge in [0.05, 0.1) is 0 Å². The second-order valence-electron chi connectivity index (χ2n) is 6.72. The van der Waals surface area contributed by atoms with Crippen molar-refractivity contribution in [1.82, 2.24) is 10.2 Å². The zero-order chi connectivity index (χ0) is 18.6. The molecular weight excluding hydrogens is 366 g/mol. The molecule has 8 heteroatoms. The van der Waals surface area contributed by atoms with E-state index in [1.54, 1.807) is 6.07 Å². The molecule has 0 saturated carbocycles. The van der Waals surface area contributed by atoms with Gasteiger partial charge in [0.15, 0.2) is 11.6 Å². The van der Waals surface area contributed by atoms with Crippen LogP contribution >= 0.6 is 11.6 Å². The minimum atomic E-state index is -0.369. The van der Waals surface area contributed by atoms with Crippen molar-refractivity contribution in [2.75, 3.05) is 47.9 Å². The summed E-state index contributed by atoms with van der Waals surface area (Å²) in [5, 5.41) is 11.9. The molecule has 3 heterocycles. The zero-order valence-electron chi connectivity index (χ0n) is 15.0. The Hall–Kier alpha value is -2.38. The van der Waals surface area contributed by atoms with Crippen molar-refractivity contribution in [3.8, 4) is 0 Å². The maximum absolute atomic E-state index is 12.1. The maximum atomic E-state index is 12.1. The number of nitrogens with zero attached hydrogens (tertiary/aromatic N) is 4. The lowest BCUT2D eigenvalue weighted by Gasteiger charge is -2.36. The molecule has 2 fully saturated rings. The summed E-state index contributed by atoms with van der Waals surface area (Å²) in [6.45, 7) is 4.12. The van der Waals surface area contributed by atoms with E-state index in [0.29, 0.717) is 12.4 Å². The van der Waals surface area contributed by atoms with Crippen LogP contribution in [0.25, 0.3) is 0 Å². The molecule has 1 atom stereocenters. The van der Waals surface area contributed by atoms with Crippen molar-refractivity contribution in [3.63, 3.8) is 0 Å². The van der Waals surface area contributed by atoms with Crippen molar-refractivity contribution >= 4 is 34.8 Å². The van der Waals surface area contributed by atoms with Crippen LogP contribution in [0.5, 0.6) is 0 Å². The molecule has 2 aliphatic heterocycles. The highest BCUT2D eigenvalue weighted by atomic mass is 35.5. The Bertz CT molecular complexity index is 787. The first-order valence-electron chi connectivity index (χ1n) is 9.21. The molecule has 0 bridgehead atoms. The number of benzene rings is 1. The van der Waals surface area contributed by atoms with Crippen LogP contribution in [-0.2, 0) is 9.53 Å². The topological polar surface area (TPSA) is 70.6 Å². The third kappa shape index (κ3) is 4.31. The lowest BCUT2D eigenvalue weighted by Crippen LogP contribution is -2.46. The fraction of sp³-hybridized carbons (Fsp3) is 0.421. The smallest absolute Gasteiger partial charge is 0.254 e. The molecular formula is C19H22ClN5O2. The van der Waals surface area contributed by atoms with Crippen molar-refractivity contribution in [1.29, 1.82) is 0 Å². The molecule has 7 nitrogen and oxygen atoms in total. The summed E-state index contributed by atoms with van der Waals surface area (Å²) < 4.78 is 5.38. The molecule has 4 rings (SSSR count). The number of hydrogen-bond acceptors (Lipinski definition) is 6. The van der Waals surface area contributed by atoms with E-state index in [1.807, 2.05) is 24.3 Å². The number of halogens is 1. The lowest BCUT2D eigenvalue weighted by molar-refractivity contribution is -0.124. The van der Waals surface area contributed by atoms with Gasteiger partial charge in [-0.2, -0.15) is 0 Å². The average molecular weight is 388 g/mol. The molecule has 1 aromatic carbocycles. The van der Waals surface area contributed by atoms with E-state index in [4.69, 9.17) is 16.3 Å². The number of amides is 1. The number of piperazine rings is 1. The van der Waals surface area contributed by atoms with Crippen LogP contribution in [0.2, 0.25) is 5.02 Å². The number of nitrogens with one attached hydrogen (secondary N) is 1. The lowest BCUT2D eigenvalue weighted by atomic mass is 10.2. The number of rotatable bonds is 4. The second kappa shape index (κ2) is 8.10. The number of aromatic nitrogens is 2. The zero-order valence-corrected chi connectivity index (χ0v) is 15.7. The number of anilines is 3. The van der Waals surface area contributed by atoms with Crippen LogP contribution in [-0.4, -0.2) is 55.0 Å². The van der Waals surface area contributed by atoms with Crippen LogP contribution in [0.15, 0.2) is 36.4 Å². The van der Waals surface area contributed by atoms with E-state index in [-0.39, 0.29) is 12.0 Å². The summed E-state index contributed by atoms with van der Waals surface area (Å²) in [6, 6.07) is 11.6. The molecule has 2 aromatic rings. The molecule has 1 N–H and O–H groups in total. The van der Waals surface area contributed by atoms with Crippen LogP contribution in [0.1, 0.15) is 12.8 Å². The monoisotopic (exact) mass is 387 g/mol. The molecule has 142 valence electrons. The van der Waals surface area contributed by atoms with Crippen LogP contribution in [0.3, 0.4) is 0 Å². The van der Waals surface area contributed by atoms with E-state index >= 15 is 0 Å². The first-order valence-corrected chi connectivity index (χ1v) is 9.58. The van der Waals surface area contributed by atoms with Gasteiger partial charge in [-0.3, -0.25) is 4.79 Å². The Kier molecular flexibility index (Phi) is 5.40. The van der Waals surface area contributed by atoms with E-state index in [1.165, 1.54) is 0 Å². The summed E-state index contributed by atoms with van der Waals surface area (Å²) in [5.41, 5.74) is 1.14. The van der Waals surface area contributed by atoms with Gasteiger partial charge in [-0.15, -0.1) is 10.2 Å². The van der Waals surface area contributed by atoms with Crippen molar-refractivity contribution < 1.29 is 9.53 Å². The van der Waals surface area contributed by atoms with Gasteiger partial charge in [0.2, 0.25) is 0 Å². The number of carbonyl (C=O) groups excluding carboxylic acids is 1. The first kappa shape index (κ1) is 18.0. The van der Waals surface area contributed by atoms with Gasteiger partial charge in [0.1, 0.15) is 6.10 Å². The summed E-state index contributed by atoms with van der Waals surface area (Å²) >= 11 is 6.09. The Labute approximate surface area is 163 Å². The van der Waals surface area contributed by atoms with Gasteiger partial charge in [0.25, 0.3) is 5.91 Å². The minimum absolute atomic E-state index is 0.148. The molecule has 0 spiro atoms. The minimum Gasteiger partial charge on any atom is -0.368 e. The van der Waals surface area contributed by atoms with E-state index in [2.05, 4.69) is 31.4 Å². The van der Waals surface area contributed by atoms with Gasteiger partial charge in [-0.1, -0.05) is 17.7 Å². The van der Waals surface area contributed by atoms with E-state index in [0.717, 1.165) is 55.5 Å². The van der Waals surface area contributed by atoms with Gasteiger partial charge < -0.3 is 19.9 Å². The van der Waals surface area contributed by atoms with E-state index in [9.17, 15) is 4.79 Å². The Morgan fingerprint density at radius 1 is 1.11 bits per heavy atom. The second-order valence-corrected chi connectivity index (χ2v) is 7.16. The molecule has 0 aliphatic carbocycles. The standard InChI is InChI=1S/C19H22ClN5O2/c20-14-3-1-4-15(13-14)24-8-10-25(11-9-24)18-7-6-17(22-23-18)21-19(26)16-5-2-12-27-16/h1,3-4,6-7,13,16H,2,5,8-12H2,(H,21,22,26). The largest absolute Gasteiger partial charge is 0.368 e. The van der Waals surface area contributed by atoms with Crippen LogP contribution in [0, 0.1) is 0 Å². The molecule has 27 heavy (non-hydrogen) atoms. The highest BCUT2D eigenvalue weighted by Gasteiger charge is 2.24. The third-order valence-electron chi connectivity index (χ3n) is 4.90. The summed E-state index contributed by atoms with van der Waals surface area (Å²) in [6.07, 6.45) is 1.31. The van der Waals surface area contributed by atoms with Crippen molar-refractivity contribution in [3.05, 3.63) is 41.4 Å². The highest BCUT2D eigenvalue weighted by Crippen LogP contribution is 2.22. The predicted molar refractivity (Wildman–Crippen MR) is 106 cm³/mol. The Balaban J connectivity index is 1.32. The molecule has 2 aliphatic rings. The molecule has 1 unspecified atom stereocenters. The Morgan fingerprint density at radius 2 is 1.93 bits per heavy atom. The van der Waals surface area contributed by atoms with Gasteiger partial charge in [0, 0.05) is 43.5 Å². The quantitative estimate of drug-likeness (QED) is 0.869. The van der Waals surface area contributed by atoms with Crippen molar-refractivity contribution in [2.24, 2.45) is 0 Å². The molecule has 0 radical (unpaired) electrons. The summed E-state index contributed by atoms with van der Waals surface area (Å²) in [4.78, 5) is 16.6. The van der Waals surface area contributed by atoms with Gasteiger partial charge in [-0.05, 0) is 43.2 Å². The van der Waals surface area contributed by atoms with Crippen LogP contribution < -0.4 is 15.1 Å². The summed E-state index contributed by atoms with van der Waals surface area (Å²) in [5.74, 6) is 1.12. The van der Waals surface area contributed by atoms with Gasteiger partial charge >= 0.3 is 0 Å². The fourth-order valence-corrected chi connectivity index (χ4v) is 3.60. The number of carbonyl (C=O) groups is 1. The SMILES string of the molecule is O=C(Nc1ccc(N2CCN(c3cccc(Cl)c3)CC2)nn1)C1CCCO1. The molecule has 2 saturated heterocycles. The average Bonchev–Trinajstić information content (AvgIpc) is 3.24. The van der Waals surface area contributed by atoms with E-state index < -0.39 is 0 Å². The number of ether oxygens (including phenoxy) is 1.